The molecule has 0 aromatic heterocycles. The van der Waals surface area contributed by atoms with Gasteiger partial charge in [-0.2, -0.15) is 0 Å². The molecule has 0 aliphatic carbocycles. The lowest BCUT2D eigenvalue weighted by atomic mass is 9.87. The fraction of sp³-hybridized carbons (Fsp3) is 0.500. The number of carboxylic acid groups (broad SMARTS) is 1. The van der Waals surface area contributed by atoms with E-state index in [1.807, 2.05) is 6.92 Å². The standard InChI is InChI=1S/C16H19NO5/c1-10-9-17(5-4-12(10)16(19)20)15(18)11-2-3-13-14(8-11)22-7-6-21-13/h2-3,8,10,12H,4-7,9H2,1H3,(H,19,20). The maximum Gasteiger partial charge on any atom is 0.306 e. The van der Waals surface area contributed by atoms with Gasteiger partial charge in [-0.25, -0.2) is 0 Å². The summed E-state index contributed by atoms with van der Waals surface area (Å²) >= 11 is 0. The third kappa shape index (κ3) is 2.73. The van der Waals surface area contributed by atoms with Gasteiger partial charge in [0, 0.05) is 18.7 Å². The molecule has 0 saturated carbocycles. The van der Waals surface area contributed by atoms with Gasteiger partial charge in [0.25, 0.3) is 5.91 Å². The van der Waals surface area contributed by atoms with Gasteiger partial charge in [0.05, 0.1) is 5.92 Å². The van der Waals surface area contributed by atoms with Crippen molar-refractivity contribution < 1.29 is 24.2 Å². The van der Waals surface area contributed by atoms with Gasteiger partial charge >= 0.3 is 5.97 Å². The predicted molar refractivity (Wildman–Crippen MR) is 78.2 cm³/mol. The zero-order valence-corrected chi connectivity index (χ0v) is 12.4. The molecule has 2 aliphatic heterocycles. The molecule has 1 N–H and O–H groups in total. The number of benzene rings is 1. The van der Waals surface area contributed by atoms with E-state index in [0.29, 0.717) is 49.8 Å². The van der Waals surface area contributed by atoms with Gasteiger partial charge in [-0.1, -0.05) is 6.92 Å². The monoisotopic (exact) mass is 305 g/mol. The molecule has 0 spiro atoms. The average molecular weight is 305 g/mol. The molecule has 22 heavy (non-hydrogen) atoms. The zero-order valence-electron chi connectivity index (χ0n) is 12.4. The molecule has 1 saturated heterocycles. The Balaban J connectivity index is 1.73. The first-order valence-electron chi connectivity index (χ1n) is 7.48. The number of carbonyl (C=O) groups is 2. The molecule has 2 aliphatic rings. The van der Waals surface area contributed by atoms with E-state index in [1.165, 1.54) is 0 Å². The molecular formula is C16H19NO5. The van der Waals surface area contributed by atoms with Crippen LogP contribution in [-0.4, -0.2) is 48.2 Å². The Labute approximate surface area is 128 Å². The second kappa shape index (κ2) is 5.87. The number of hydrogen-bond donors (Lipinski definition) is 1. The Bertz CT molecular complexity index is 600. The molecule has 3 rings (SSSR count). The van der Waals surface area contributed by atoms with Crippen LogP contribution in [-0.2, 0) is 4.79 Å². The SMILES string of the molecule is CC1CN(C(=O)c2ccc3c(c2)OCCO3)CCC1C(=O)O. The summed E-state index contributed by atoms with van der Waals surface area (Å²) in [6.45, 7) is 3.80. The molecule has 1 aromatic carbocycles. The second-order valence-electron chi connectivity index (χ2n) is 5.82. The Morgan fingerprint density at radius 3 is 2.64 bits per heavy atom. The van der Waals surface area contributed by atoms with Crippen LogP contribution in [0.2, 0.25) is 0 Å². The van der Waals surface area contributed by atoms with Crippen LogP contribution < -0.4 is 9.47 Å². The van der Waals surface area contributed by atoms with E-state index in [1.54, 1.807) is 23.1 Å². The van der Waals surface area contributed by atoms with Gasteiger partial charge in [-0.3, -0.25) is 9.59 Å². The maximum absolute atomic E-state index is 12.6. The lowest BCUT2D eigenvalue weighted by Gasteiger charge is -2.35. The van der Waals surface area contributed by atoms with Crippen LogP contribution in [0.15, 0.2) is 18.2 Å². The van der Waals surface area contributed by atoms with Crippen molar-refractivity contribution in [3.8, 4) is 11.5 Å². The van der Waals surface area contributed by atoms with Crippen molar-refractivity contribution in [2.45, 2.75) is 13.3 Å². The highest BCUT2D eigenvalue weighted by Crippen LogP contribution is 2.32. The fourth-order valence-corrected chi connectivity index (χ4v) is 3.06. The molecule has 1 fully saturated rings. The number of fused-ring (bicyclic) bond motifs is 1. The lowest BCUT2D eigenvalue weighted by Crippen LogP contribution is -2.45. The number of carbonyl (C=O) groups excluding carboxylic acids is 1. The number of ether oxygens (including phenoxy) is 2. The molecule has 2 atom stereocenters. The molecule has 2 heterocycles. The number of nitrogens with zero attached hydrogens (tertiary/aromatic N) is 1. The molecule has 1 aromatic rings. The minimum atomic E-state index is -0.779. The quantitative estimate of drug-likeness (QED) is 0.899. The summed E-state index contributed by atoms with van der Waals surface area (Å²) in [5, 5.41) is 9.15. The van der Waals surface area contributed by atoms with Gasteiger partial charge in [0.2, 0.25) is 0 Å². The lowest BCUT2D eigenvalue weighted by molar-refractivity contribution is -0.145. The summed E-state index contributed by atoms with van der Waals surface area (Å²) in [6, 6.07) is 5.17. The molecule has 6 heteroatoms. The van der Waals surface area contributed by atoms with E-state index < -0.39 is 5.97 Å². The highest BCUT2D eigenvalue weighted by molar-refractivity contribution is 5.95. The van der Waals surface area contributed by atoms with E-state index >= 15 is 0 Å². The minimum Gasteiger partial charge on any atom is -0.486 e. The highest BCUT2D eigenvalue weighted by Gasteiger charge is 2.33. The predicted octanol–water partition coefficient (Wildman–Crippen LogP) is 1.64. The molecule has 2 unspecified atom stereocenters. The van der Waals surface area contributed by atoms with Crippen molar-refractivity contribution in [2.24, 2.45) is 11.8 Å². The van der Waals surface area contributed by atoms with Crippen LogP contribution in [0.1, 0.15) is 23.7 Å². The Morgan fingerprint density at radius 2 is 1.95 bits per heavy atom. The third-order valence-corrected chi connectivity index (χ3v) is 4.30. The van der Waals surface area contributed by atoms with Gasteiger partial charge in [-0.05, 0) is 30.5 Å². The van der Waals surface area contributed by atoms with Gasteiger partial charge in [-0.15, -0.1) is 0 Å². The number of aliphatic carboxylic acids is 1. The summed E-state index contributed by atoms with van der Waals surface area (Å²) in [6.07, 6.45) is 0.493. The van der Waals surface area contributed by atoms with E-state index in [-0.39, 0.29) is 17.7 Å². The van der Waals surface area contributed by atoms with E-state index in [0.717, 1.165) is 0 Å². The Kier molecular flexibility index (Phi) is 3.92. The van der Waals surface area contributed by atoms with Gasteiger partial charge in [0.15, 0.2) is 11.5 Å². The first kappa shape index (κ1) is 14.7. The molecule has 1 amide bonds. The van der Waals surface area contributed by atoms with Gasteiger partial charge in [0.1, 0.15) is 13.2 Å². The second-order valence-corrected chi connectivity index (χ2v) is 5.82. The number of hydrogen-bond acceptors (Lipinski definition) is 4. The van der Waals surface area contributed by atoms with Gasteiger partial charge < -0.3 is 19.5 Å². The topological polar surface area (TPSA) is 76.1 Å². The summed E-state index contributed by atoms with van der Waals surface area (Å²) in [5.41, 5.74) is 0.547. The fourth-order valence-electron chi connectivity index (χ4n) is 3.06. The molecule has 118 valence electrons. The van der Waals surface area contributed by atoms with Crippen molar-refractivity contribution in [3.63, 3.8) is 0 Å². The van der Waals surface area contributed by atoms with E-state index in [4.69, 9.17) is 14.6 Å². The summed E-state index contributed by atoms with van der Waals surface area (Å²) < 4.78 is 10.9. The van der Waals surface area contributed by atoms with Crippen molar-refractivity contribution in [2.75, 3.05) is 26.3 Å². The smallest absolute Gasteiger partial charge is 0.306 e. The average Bonchev–Trinajstić information content (AvgIpc) is 2.53. The number of piperidine rings is 1. The first-order chi connectivity index (χ1) is 10.6. The molecule has 0 radical (unpaired) electrons. The van der Waals surface area contributed by atoms with Crippen LogP contribution in [0.5, 0.6) is 11.5 Å². The Hall–Kier alpha value is -2.24. The van der Waals surface area contributed by atoms with Crippen molar-refractivity contribution in [1.29, 1.82) is 0 Å². The van der Waals surface area contributed by atoms with Crippen molar-refractivity contribution in [1.82, 2.24) is 4.90 Å². The number of carboxylic acids is 1. The van der Waals surface area contributed by atoms with Crippen molar-refractivity contribution in [3.05, 3.63) is 23.8 Å². The van der Waals surface area contributed by atoms with Crippen molar-refractivity contribution >= 4 is 11.9 Å². The van der Waals surface area contributed by atoms with Crippen LogP contribution in [0.3, 0.4) is 0 Å². The molecule has 0 bridgehead atoms. The number of rotatable bonds is 2. The summed E-state index contributed by atoms with van der Waals surface area (Å²) in [4.78, 5) is 25.4. The number of likely N-dealkylation sites (tertiary alicyclic amines) is 1. The van der Waals surface area contributed by atoms with Crippen LogP contribution in [0.25, 0.3) is 0 Å². The molecule has 6 nitrogen and oxygen atoms in total. The van der Waals surface area contributed by atoms with E-state index in [2.05, 4.69) is 0 Å². The molecular weight excluding hydrogens is 286 g/mol. The maximum atomic E-state index is 12.6. The third-order valence-electron chi connectivity index (χ3n) is 4.30. The first-order valence-corrected chi connectivity index (χ1v) is 7.48. The van der Waals surface area contributed by atoms with Crippen LogP contribution >= 0.6 is 0 Å². The normalized spacial score (nSPS) is 24.0. The zero-order chi connectivity index (χ0) is 15.7. The van der Waals surface area contributed by atoms with Crippen LogP contribution in [0.4, 0.5) is 0 Å². The summed E-state index contributed by atoms with van der Waals surface area (Å²) in [5.74, 6) is -0.0466. The highest BCUT2D eigenvalue weighted by atomic mass is 16.6. The van der Waals surface area contributed by atoms with Crippen LogP contribution in [0, 0.1) is 11.8 Å². The largest absolute Gasteiger partial charge is 0.486 e. The Morgan fingerprint density at radius 1 is 1.23 bits per heavy atom. The number of amides is 1. The summed E-state index contributed by atoms with van der Waals surface area (Å²) in [7, 11) is 0. The van der Waals surface area contributed by atoms with E-state index in [9.17, 15) is 9.59 Å². The minimum absolute atomic E-state index is 0.0487.